The van der Waals surface area contributed by atoms with Gasteiger partial charge in [0, 0.05) is 0 Å². The first-order chi connectivity index (χ1) is 15.1. The van der Waals surface area contributed by atoms with Gasteiger partial charge in [0.05, 0.1) is 6.10 Å². The molecule has 172 valence electrons. The molecule has 2 aliphatic rings. The molecule has 0 aromatic heterocycles. The summed E-state index contributed by atoms with van der Waals surface area (Å²) in [5.41, 5.74) is -0.209. The molecule has 0 spiro atoms. The number of hydrogen-bond acceptors (Lipinski definition) is 11. The smallest absolute Gasteiger partial charge is 0.203 e. The van der Waals surface area contributed by atoms with Crippen LogP contribution >= 0.6 is 0 Å². The van der Waals surface area contributed by atoms with E-state index in [1.165, 1.54) is 13.0 Å². The van der Waals surface area contributed by atoms with Crippen molar-refractivity contribution < 1.29 is 54.8 Å². The van der Waals surface area contributed by atoms with Crippen LogP contribution in [0.15, 0.2) is 30.3 Å². The second-order valence-electron chi connectivity index (χ2n) is 7.70. The third kappa shape index (κ3) is 3.59. The van der Waals surface area contributed by atoms with Gasteiger partial charge in [-0.1, -0.05) is 6.07 Å². The number of benzene rings is 2. The summed E-state index contributed by atoms with van der Waals surface area (Å²) in [7, 11) is 0. The molecule has 7 atom stereocenters. The maximum absolute atomic E-state index is 13.3. The number of hydrogen-bond donors (Lipinski definition) is 7. The Hall–Kier alpha value is -3.09. The predicted molar refractivity (Wildman–Crippen MR) is 104 cm³/mol. The second-order valence-corrected chi connectivity index (χ2v) is 7.70. The fraction of sp³-hybridized carbons (Fsp3) is 0.381. The largest absolute Gasteiger partial charge is 0.507 e. The summed E-state index contributed by atoms with van der Waals surface area (Å²) in [6, 6.07) is 5.83. The molecule has 2 aromatic rings. The van der Waals surface area contributed by atoms with Crippen LogP contribution < -0.4 is 4.74 Å². The highest BCUT2D eigenvalue weighted by Crippen LogP contribution is 2.46. The van der Waals surface area contributed by atoms with Crippen molar-refractivity contribution >= 4 is 5.78 Å². The van der Waals surface area contributed by atoms with Crippen LogP contribution in [0.25, 0.3) is 0 Å². The number of aliphatic hydroxyl groups is 3. The van der Waals surface area contributed by atoms with E-state index in [2.05, 4.69) is 0 Å². The summed E-state index contributed by atoms with van der Waals surface area (Å²) in [6.45, 7) is 1.43. The van der Waals surface area contributed by atoms with Crippen LogP contribution in [0.1, 0.15) is 28.9 Å². The van der Waals surface area contributed by atoms with Crippen molar-refractivity contribution in [1.29, 1.82) is 0 Å². The third-order valence-corrected chi connectivity index (χ3v) is 5.56. The number of ketones is 1. The van der Waals surface area contributed by atoms with Gasteiger partial charge in [0.1, 0.15) is 29.6 Å². The minimum absolute atomic E-state index is 0.158. The number of carbonyl (C=O) groups excluding carboxylic acids is 1. The Labute approximate surface area is 181 Å². The Morgan fingerprint density at radius 1 is 0.844 bits per heavy atom. The molecule has 0 saturated carbocycles. The minimum Gasteiger partial charge on any atom is -0.507 e. The van der Waals surface area contributed by atoms with Crippen molar-refractivity contribution in [3.05, 3.63) is 41.5 Å². The molecule has 11 nitrogen and oxygen atoms in total. The lowest BCUT2D eigenvalue weighted by Gasteiger charge is -2.42. The molecule has 2 aromatic carbocycles. The Bertz CT molecular complexity index is 1040. The van der Waals surface area contributed by atoms with Crippen LogP contribution in [-0.2, 0) is 9.47 Å². The Balaban J connectivity index is 1.76. The van der Waals surface area contributed by atoms with Crippen LogP contribution in [0.4, 0.5) is 0 Å². The second kappa shape index (κ2) is 8.11. The molecule has 0 bridgehead atoms. The van der Waals surface area contributed by atoms with E-state index in [1.54, 1.807) is 0 Å². The van der Waals surface area contributed by atoms with Crippen molar-refractivity contribution in [2.24, 2.45) is 0 Å². The SMILES string of the molecule is CC1OC(OC2C(=O)c3c(O)ccc(O)c3OC2c2ccc(O)c(O)c2)C(O)C(O)C1O. The zero-order valence-corrected chi connectivity index (χ0v) is 16.7. The van der Waals surface area contributed by atoms with Gasteiger partial charge in [0.25, 0.3) is 0 Å². The van der Waals surface area contributed by atoms with Gasteiger partial charge in [0.15, 0.2) is 41.5 Å². The van der Waals surface area contributed by atoms with Crippen molar-refractivity contribution in [3.8, 4) is 28.7 Å². The van der Waals surface area contributed by atoms with E-state index in [0.717, 1.165) is 24.3 Å². The predicted octanol–water partition coefficient (Wildman–Crippen LogP) is 0.0381. The van der Waals surface area contributed by atoms with Crippen LogP contribution in [0.5, 0.6) is 28.7 Å². The van der Waals surface area contributed by atoms with Crippen LogP contribution in [-0.4, -0.2) is 78.3 Å². The number of Topliss-reactive ketones (excluding diaryl/α,β-unsaturated/α-hetero) is 1. The first kappa shape index (κ1) is 22.1. The van der Waals surface area contributed by atoms with E-state index in [9.17, 15) is 40.5 Å². The van der Waals surface area contributed by atoms with Crippen molar-refractivity contribution in [2.45, 2.75) is 49.8 Å². The van der Waals surface area contributed by atoms with Gasteiger partial charge in [-0.05, 0) is 36.8 Å². The van der Waals surface area contributed by atoms with E-state index in [0.29, 0.717) is 0 Å². The number of rotatable bonds is 3. The molecule has 0 aliphatic carbocycles. The average molecular weight is 450 g/mol. The zero-order valence-electron chi connectivity index (χ0n) is 16.7. The Kier molecular flexibility index (Phi) is 5.61. The number of phenolic OH excluding ortho intramolecular Hbond substituents is 4. The summed E-state index contributed by atoms with van der Waals surface area (Å²) < 4.78 is 16.9. The highest BCUT2D eigenvalue weighted by Gasteiger charge is 2.48. The van der Waals surface area contributed by atoms with Gasteiger partial charge >= 0.3 is 0 Å². The fourth-order valence-corrected chi connectivity index (χ4v) is 3.75. The topological polar surface area (TPSA) is 186 Å². The molecule has 7 N–H and O–H groups in total. The van der Waals surface area contributed by atoms with E-state index >= 15 is 0 Å². The van der Waals surface area contributed by atoms with Gasteiger partial charge in [-0.15, -0.1) is 0 Å². The maximum Gasteiger partial charge on any atom is 0.203 e. The molecule has 0 radical (unpaired) electrons. The first-order valence-electron chi connectivity index (χ1n) is 9.73. The van der Waals surface area contributed by atoms with Crippen molar-refractivity contribution in [3.63, 3.8) is 0 Å². The molecule has 7 unspecified atom stereocenters. The lowest BCUT2D eigenvalue weighted by atomic mass is 9.92. The number of fused-ring (bicyclic) bond motifs is 1. The number of carbonyl (C=O) groups is 1. The Morgan fingerprint density at radius 3 is 2.19 bits per heavy atom. The van der Waals surface area contributed by atoms with Crippen LogP contribution in [0, 0.1) is 0 Å². The molecular weight excluding hydrogens is 428 g/mol. The number of aliphatic hydroxyl groups excluding tert-OH is 3. The molecule has 2 heterocycles. The maximum atomic E-state index is 13.3. The van der Waals surface area contributed by atoms with Crippen molar-refractivity contribution in [2.75, 3.05) is 0 Å². The average Bonchev–Trinajstić information content (AvgIpc) is 2.76. The molecule has 1 saturated heterocycles. The summed E-state index contributed by atoms with van der Waals surface area (Å²) in [6.07, 6.45) is -10.1. The number of aromatic hydroxyl groups is 4. The summed E-state index contributed by atoms with van der Waals surface area (Å²) in [4.78, 5) is 13.3. The first-order valence-corrected chi connectivity index (χ1v) is 9.73. The normalized spacial score (nSPS) is 32.2. The molecule has 0 amide bonds. The third-order valence-electron chi connectivity index (χ3n) is 5.56. The quantitative estimate of drug-likeness (QED) is 0.247. The molecule has 11 heteroatoms. The van der Waals surface area contributed by atoms with Gasteiger partial charge in [-0.25, -0.2) is 0 Å². The standard InChI is InChI=1S/C21H22O11/c1-7-14(26)16(28)17(29)21(30-7)32-20-15(27)13-10(23)4-5-11(24)19(13)31-18(20)8-2-3-9(22)12(25)6-8/h2-7,14,16-18,20-26,28-29H,1H3. The molecule has 4 rings (SSSR count). The van der Waals surface area contributed by atoms with Crippen LogP contribution in [0.2, 0.25) is 0 Å². The summed E-state index contributed by atoms with van der Waals surface area (Å²) in [5, 5.41) is 70.1. The number of phenols is 4. The fourth-order valence-electron chi connectivity index (χ4n) is 3.75. The van der Waals surface area contributed by atoms with Gasteiger partial charge in [-0.3, -0.25) is 4.79 Å². The Morgan fingerprint density at radius 2 is 1.50 bits per heavy atom. The van der Waals surface area contributed by atoms with Gasteiger partial charge in [-0.2, -0.15) is 0 Å². The molecule has 2 aliphatic heterocycles. The monoisotopic (exact) mass is 450 g/mol. The molecule has 1 fully saturated rings. The van der Waals surface area contributed by atoms with E-state index in [4.69, 9.17) is 14.2 Å². The van der Waals surface area contributed by atoms with Gasteiger partial charge < -0.3 is 50.0 Å². The zero-order chi connectivity index (χ0) is 23.3. The van der Waals surface area contributed by atoms with Crippen LogP contribution in [0.3, 0.4) is 0 Å². The molecular formula is C21H22O11. The summed E-state index contributed by atoms with van der Waals surface area (Å²) in [5.74, 6) is -3.01. The lowest BCUT2D eigenvalue weighted by molar-refractivity contribution is -0.304. The molecule has 32 heavy (non-hydrogen) atoms. The van der Waals surface area contributed by atoms with E-state index in [1.807, 2.05) is 0 Å². The van der Waals surface area contributed by atoms with E-state index in [-0.39, 0.29) is 16.9 Å². The minimum atomic E-state index is -1.72. The summed E-state index contributed by atoms with van der Waals surface area (Å²) >= 11 is 0. The number of ether oxygens (including phenoxy) is 3. The highest BCUT2D eigenvalue weighted by atomic mass is 16.7. The lowest BCUT2D eigenvalue weighted by Crippen LogP contribution is -2.59. The highest BCUT2D eigenvalue weighted by molar-refractivity contribution is 6.06. The van der Waals surface area contributed by atoms with Crippen molar-refractivity contribution in [1.82, 2.24) is 0 Å². The van der Waals surface area contributed by atoms with E-state index < -0.39 is 71.7 Å². The van der Waals surface area contributed by atoms with Gasteiger partial charge in [0.2, 0.25) is 5.78 Å².